The molecule has 0 heterocycles. The fraction of sp³-hybridized carbons (Fsp3) is 0.750. The summed E-state index contributed by atoms with van der Waals surface area (Å²) in [7, 11) is 0. The van der Waals surface area contributed by atoms with Crippen molar-refractivity contribution in [3.05, 3.63) is 6.42 Å². The van der Waals surface area contributed by atoms with E-state index in [0.717, 1.165) is 25.7 Å². The molecule has 0 amide bonds. The van der Waals surface area contributed by atoms with Crippen LogP contribution in [0.4, 0.5) is 0 Å². The first-order valence-corrected chi connectivity index (χ1v) is 3.43. The second-order valence-corrected chi connectivity index (χ2v) is 2.72. The first-order valence-electron chi connectivity index (χ1n) is 3.43. The molecule has 1 rings (SSSR count). The Morgan fingerprint density at radius 1 is 1.20 bits per heavy atom. The van der Waals surface area contributed by atoms with Crippen LogP contribution >= 0.6 is 0 Å². The molecular formula is C8H11CuO. The summed E-state index contributed by atoms with van der Waals surface area (Å²) in [6.07, 6.45) is 11.5. The van der Waals surface area contributed by atoms with Crippen molar-refractivity contribution in [3.63, 3.8) is 0 Å². The molecule has 0 bridgehead atoms. The van der Waals surface area contributed by atoms with Crippen molar-refractivity contribution in [1.29, 1.82) is 0 Å². The third kappa shape index (κ3) is 2.34. The average molecular weight is 187 g/mol. The van der Waals surface area contributed by atoms with Crippen molar-refractivity contribution in [2.75, 3.05) is 0 Å². The fourth-order valence-electron chi connectivity index (χ4n) is 1.26. The quantitative estimate of drug-likeness (QED) is 0.343. The molecule has 1 N–H and O–H groups in total. The molecule has 1 fully saturated rings. The predicted molar refractivity (Wildman–Crippen MR) is 35.2 cm³/mol. The predicted octanol–water partition coefficient (Wildman–Crippen LogP) is 1.27. The fourth-order valence-corrected chi connectivity index (χ4v) is 1.26. The summed E-state index contributed by atoms with van der Waals surface area (Å²) in [6, 6.07) is 0. The maximum atomic E-state index is 9.38. The zero-order valence-electron chi connectivity index (χ0n) is 5.78. The molecular weight excluding hydrogens is 176 g/mol. The third-order valence-corrected chi connectivity index (χ3v) is 1.91. The number of aliphatic hydroxyl groups is 1. The van der Waals surface area contributed by atoms with Gasteiger partial charge >= 0.3 is 17.1 Å². The van der Waals surface area contributed by atoms with Crippen LogP contribution in [0.2, 0.25) is 0 Å². The topological polar surface area (TPSA) is 20.2 Å². The molecule has 1 nitrogen and oxygen atoms in total. The van der Waals surface area contributed by atoms with Crippen molar-refractivity contribution in [2.45, 2.75) is 37.7 Å². The molecule has 0 aliphatic heterocycles. The van der Waals surface area contributed by atoms with Gasteiger partial charge in [0.25, 0.3) is 0 Å². The van der Waals surface area contributed by atoms with E-state index in [4.69, 9.17) is 6.42 Å². The molecule has 0 atom stereocenters. The van der Waals surface area contributed by atoms with Crippen LogP contribution in [-0.2, 0) is 17.1 Å². The summed E-state index contributed by atoms with van der Waals surface area (Å²) in [5.41, 5.74) is -0.863. The number of rotatable bonds is 0. The van der Waals surface area contributed by atoms with Gasteiger partial charge in [0.1, 0.15) is 0 Å². The molecule has 0 saturated heterocycles. The Bertz CT molecular complexity index is 131. The molecule has 10 heavy (non-hydrogen) atoms. The Morgan fingerprint density at radius 2 is 1.70 bits per heavy atom. The zero-order valence-corrected chi connectivity index (χ0v) is 6.73. The van der Waals surface area contributed by atoms with Crippen molar-refractivity contribution < 1.29 is 22.2 Å². The summed E-state index contributed by atoms with van der Waals surface area (Å²) >= 11 is 0. The standard InChI is InChI=1S/C8H11O.Cu/c1-2-8(9)6-4-3-5-7-8;/h9H,3-7H2;/q-1;+1. The Labute approximate surface area is 72.7 Å². The summed E-state index contributed by atoms with van der Waals surface area (Å²) in [4.78, 5) is 0. The van der Waals surface area contributed by atoms with Crippen LogP contribution in [0.15, 0.2) is 0 Å². The van der Waals surface area contributed by atoms with Crippen LogP contribution in [0.25, 0.3) is 0 Å². The van der Waals surface area contributed by atoms with Crippen molar-refractivity contribution in [1.82, 2.24) is 0 Å². The maximum absolute atomic E-state index is 9.38. The van der Waals surface area contributed by atoms with Crippen molar-refractivity contribution in [3.8, 4) is 5.92 Å². The average Bonchev–Trinajstić information content (AvgIpc) is 1.90. The molecule has 0 spiro atoms. The van der Waals surface area contributed by atoms with Crippen LogP contribution in [0, 0.1) is 12.3 Å². The van der Waals surface area contributed by atoms with Gasteiger partial charge in [-0.15, -0.1) is 0 Å². The minimum absolute atomic E-state index is 0. The molecule has 0 aromatic heterocycles. The van der Waals surface area contributed by atoms with Gasteiger partial charge in [-0.25, -0.2) is 0 Å². The molecule has 0 radical (unpaired) electrons. The van der Waals surface area contributed by atoms with Crippen LogP contribution in [0.5, 0.6) is 0 Å². The van der Waals surface area contributed by atoms with E-state index in [-0.39, 0.29) is 17.1 Å². The normalized spacial score (nSPS) is 22.4. The monoisotopic (exact) mass is 186 g/mol. The van der Waals surface area contributed by atoms with Crippen molar-refractivity contribution >= 4 is 0 Å². The molecule has 1 saturated carbocycles. The molecule has 0 unspecified atom stereocenters. The first kappa shape index (κ1) is 10.0. The number of hydrogen-bond acceptors (Lipinski definition) is 1. The van der Waals surface area contributed by atoms with Crippen LogP contribution in [-0.4, -0.2) is 10.7 Å². The summed E-state index contributed by atoms with van der Waals surface area (Å²) in [6.45, 7) is 0. The second kappa shape index (κ2) is 4.03. The Kier molecular flexibility index (Phi) is 4.05. The van der Waals surface area contributed by atoms with E-state index < -0.39 is 5.60 Å². The molecule has 60 valence electrons. The first-order chi connectivity index (χ1) is 4.27. The minimum atomic E-state index is -0.863. The van der Waals surface area contributed by atoms with Gasteiger partial charge in [0.2, 0.25) is 0 Å². The van der Waals surface area contributed by atoms with E-state index in [1.807, 2.05) is 0 Å². The van der Waals surface area contributed by atoms with Crippen LogP contribution in [0.1, 0.15) is 32.1 Å². The molecule has 1 aliphatic carbocycles. The summed E-state index contributed by atoms with van der Waals surface area (Å²) in [5, 5.41) is 9.38. The largest absolute Gasteiger partial charge is 1.00 e. The summed E-state index contributed by atoms with van der Waals surface area (Å²) in [5.74, 6) is 2.19. The Hall–Kier alpha value is 0.0395. The Morgan fingerprint density at radius 3 is 2.00 bits per heavy atom. The van der Waals surface area contributed by atoms with E-state index in [9.17, 15) is 5.11 Å². The maximum Gasteiger partial charge on any atom is 1.00 e. The molecule has 0 aromatic rings. The summed E-state index contributed by atoms with van der Waals surface area (Å²) < 4.78 is 0. The van der Waals surface area contributed by atoms with E-state index in [2.05, 4.69) is 5.92 Å². The smallest absolute Gasteiger partial charge is 0.691 e. The van der Waals surface area contributed by atoms with Gasteiger partial charge in [0.15, 0.2) is 0 Å². The SMILES string of the molecule is [C-]#CC1(O)CCCCC1.[Cu+]. The van der Waals surface area contributed by atoms with Crippen LogP contribution in [0.3, 0.4) is 0 Å². The molecule has 2 heteroatoms. The van der Waals surface area contributed by atoms with Gasteiger partial charge in [-0.1, -0.05) is 6.42 Å². The Balaban J connectivity index is 0.000000810. The van der Waals surface area contributed by atoms with E-state index >= 15 is 0 Å². The van der Waals surface area contributed by atoms with E-state index in [1.165, 1.54) is 6.42 Å². The van der Waals surface area contributed by atoms with Gasteiger partial charge in [-0.3, -0.25) is 0 Å². The second-order valence-electron chi connectivity index (χ2n) is 2.72. The van der Waals surface area contributed by atoms with Gasteiger partial charge < -0.3 is 17.5 Å². The van der Waals surface area contributed by atoms with Gasteiger partial charge in [0, 0.05) is 0 Å². The van der Waals surface area contributed by atoms with Crippen molar-refractivity contribution in [2.24, 2.45) is 0 Å². The van der Waals surface area contributed by atoms with Crippen LogP contribution < -0.4 is 0 Å². The zero-order chi connectivity index (χ0) is 6.74. The van der Waals surface area contributed by atoms with Gasteiger partial charge in [-0.2, -0.15) is 0 Å². The minimum Gasteiger partial charge on any atom is -0.691 e. The van der Waals surface area contributed by atoms with Gasteiger partial charge in [0.05, 0.1) is 5.60 Å². The van der Waals surface area contributed by atoms with Gasteiger partial charge in [-0.05, 0) is 25.7 Å². The van der Waals surface area contributed by atoms with E-state index in [1.54, 1.807) is 0 Å². The number of hydrogen-bond donors (Lipinski definition) is 1. The van der Waals surface area contributed by atoms with E-state index in [0.29, 0.717) is 0 Å². The molecule has 1 aliphatic rings. The molecule has 0 aromatic carbocycles. The third-order valence-electron chi connectivity index (χ3n) is 1.91.